The van der Waals surface area contributed by atoms with Crippen LogP contribution >= 0.6 is 23.2 Å². The third-order valence-corrected chi connectivity index (χ3v) is 2.16. The lowest BCUT2D eigenvalue weighted by atomic mass is 10.3. The van der Waals surface area contributed by atoms with Gasteiger partial charge in [0, 0.05) is 11.5 Å². The van der Waals surface area contributed by atoms with Gasteiger partial charge in [0.25, 0.3) is 0 Å². The smallest absolute Gasteiger partial charge is 0.170 e. The van der Waals surface area contributed by atoms with Gasteiger partial charge in [-0.25, -0.2) is 0 Å². The van der Waals surface area contributed by atoms with Crippen molar-refractivity contribution in [3.8, 4) is 0 Å². The molecule has 0 saturated heterocycles. The van der Waals surface area contributed by atoms with Crippen LogP contribution in [-0.2, 0) is 0 Å². The van der Waals surface area contributed by atoms with E-state index in [1.807, 2.05) is 0 Å². The van der Waals surface area contributed by atoms with E-state index in [-0.39, 0.29) is 0 Å². The molecule has 1 nitrogen and oxygen atoms in total. The molecule has 1 radical (unpaired) electrons. The highest BCUT2D eigenvalue weighted by Crippen LogP contribution is 2.27. The maximum atomic E-state index is 5.76. The predicted octanol–water partition coefficient (Wildman–Crippen LogP) is 3.54. The van der Waals surface area contributed by atoms with Crippen molar-refractivity contribution in [1.82, 2.24) is 0 Å². The largest absolute Gasteiger partial charge is 0.453 e. The first-order chi connectivity index (χ1) is 5.27. The molecule has 3 heteroatoms. The number of fused-ring (bicyclic) bond motifs is 1. The van der Waals surface area contributed by atoms with Crippen molar-refractivity contribution >= 4 is 34.2 Å². The molecule has 1 aromatic heterocycles. The molecule has 1 heterocycles. The lowest BCUT2D eigenvalue weighted by molar-refractivity contribution is 0.606. The normalized spacial score (nSPS) is 10.7. The van der Waals surface area contributed by atoms with Gasteiger partial charge in [-0.2, -0.15) is 0 Å². The molecular weight excluding hydrogens is 183 g/mol. The van der Waals surface area contributed by atoms with E-state index in [1.165, 1.54) is 0 Å². The zero-order valence-corrected chi connectivity index (χ0v) is 6.91. The van der Waals surface area contributed by atoms with Crippen LogP contribution in [0.15, 0.2) is 22.6 Å². The van der Waals surface area contributed by atoms with Crippen LogP contribution in [0.5, 0.6) is 0 Å². The van der Waals surface area contributed by atoms with Gasteiger partial charge < -0.3 is 4.42 Å². The van der Waals surface area contributed by atoms with Crippen LogP contribution in [0.4, 0.5) is 0 Å². The second-order valence-electron chi connectivity index (χ2n) is 2.17. The van der Waals surface area contributed by atoms with Crippen molar-refractivity contribution in [3.63, 3.8) is 0 Å². The average molecular weight is 186 g/mol. The molecule has 11 heavy (non-hydrogen) atoms. The molecule has 0 aliphatic heterocycles. The second kappa shape index (κ2) is 2.43. The standard InChI is InChI=1S/C8H3Cl2O/c9-6-3-5-1-2-11-8(5)4-7(6)10/h1,3-4H. The molecule has 0 aliphatic carbocycles. The maximum absolute atomic E-state index is 5.76. The minimum atomic E-state index is 0.502. The van der Waals surface area contributed by atoms with Crippen molar-refractivity contribution < 1.29 is 4.42 Å². The van der Waals surface area contributed by atoms with Gasteiger partial charge >= 0.3 is 0 Å². The quantitative estimate of drug-likeness (QED) is 0.613. The zero-order valence-electron chi connectivity index (χ0n) is 5.40. The predicted molar refractivity (Wildman–Crippen MR) is 45.1 cm³/mol. The third-order valence-electron chi connectivity index (χ3n) is 1.44. The molecule has 0 saturated carbocycles. The van der Waals surface area contributed by atoms with E-state index in [4.69, 9.17) is 27.6 Å². The molecule has 2 rings (SSSR count). The minimum absolute atomic E-state index is 0.502. The van der Waals surface area contributed by atoms with E-state index in [1.54, 1.807) is 18.2 Å². The zero-order chi connectivity index (χ0) is 7.84. The van der Waals surface area contributed by atoms with Crippen LogP contribution in [0.1, 0.15) is 0 Å². The molecule has 1 aromatic carbocycles. The molecule has 0 atom stereocenters. The van der Waals surface area contributed by atoms with Crippen LogP contribution in [0, 0.1) is 6.26 Å². The van der Waals surface area contributed by atoms with Crippen LogP contribution in [-0.4, -0.2) is 0 Å². The lowest BCUT2D eigenvalue weighted by Crippen LogP contribution is -1.67. The highest BCUT2D eigenvalue weighted by atomic mass is 35.5. The van der Waals surface area contributed by atoms with Gasteiger partial charge in [0.05, 0.1) is 10.0 Å². The van der Waals surface area contributed by atoms with E-state index in [9.17, 15) is 0 Å². The molecule has 0 spiro atoms. The fourth-order valence-electron chi connectivity index (χ4n) is 0.902. The highest BCUT2D eigenvalue weighted by molar-refractivity contribution is 6.42. The Morgan fingerprint density at radius 1 is 1.18 bits per heavy atom. The summed E-state index contributed by atoms with van der Waals surface area (Å²) in [6.07, 6.45) is 2.60. The summed E-state index contributed by atoms with van der Waals surface area (Å²) in [5, 5.41) is 1.95. The molecule has 55 valence electrons. The first-order valence-corrected chi connectivity index (χ1v) is 3.77. The number of rotatable bonds is 0. The summed E-state index contributed by atoms with van der Waals surface area (Å²) in [6.45, 7) is 0. The Morgan fingerprint density at radius 3 is 2.73 bits per heavy atom. The van der Waals surface area contributed by atoms with Gasteiger partial charge in [-0.15, -0.1) is 0 Å². The molecule has 0 amide bonds. The van der Waals surface area contributed by atoms with Gasteiger partial charge in [-0.3, -0.25) is 0 Å². The Hall–Kier alpha value is -0.660. The Kier molecular flexibility index (Phi) is 1.55. The summed E-state index contributed by atoms with van der Waals surface area (Å²) in [5.74, 6) is 0. The molecule has 0 aliphatic rings. The van der Waals surface area contributed by atoms with Crippen LogP contribution in [0.25, 0.3) is 11.0 Å². The topological polar surface area (TPSA) is 13.1 Å². The summed E-state index contributed by atoms with van der Waals surface area (Å²) in [6, 6.07) is 5.15. The first-order valence-electron chi connectivity index (χ1n) is 3.02. The Labute approximate surface area is 73.5 Å². The molecule has 0 unspecified atom stereocenters. The minimum Gasteiger partial charge on any atom is -0.453 e. The van der Waals surface area contributed by atoms with E-state index in [2.05, 4.69) is 6.26 Å². The van der Waals surface area contributed by atoms with E-state index in [0.717, 1.165) is 5.39 Å². The molecule has 0 N–H and O–H groups in total. The Morgan fingerprint density at radius 2 is 1.91 bits per heavy atom. The van der Waals surface area contributed by atoms with Crippen LogP contribution in [0.2, 0.25) is 10.0 Å². The Bertz CT molecular complexity index is 356. The number of furan rings is 1. The van der Waals surface area contributed by atoms with E-state index >= 15 is 0 Å². The number of hydrogen-bond donors (Lipinski definition) is 0. The van der Waals surface area contributed by atoms with Gasteiger partial charge in [0.2, 0.25) is 0 Å². The van der Waals surface area contributed by atoms with Gasteiger partial charge in [0.15, 0.2) is 6.26 Å². The van der Waals surface area contributed by atoms with Crippen molar-refractivity contribution in [2.24, 2.45) is 0 Å². The van der Waals surface area contributed by atoms with Crippen molar-refractivity contribution in [2.45, 2.75) is 0 Å². The fraction of sp³-hybridized carbons (Fsp3) is 0. The highest BCUT2D eigenvalue weighted by Gasteiger charge is 2.02. The number of hydrogen-bond acceptors (Lipinski definition) is 1. The summed E-state index contributed by atoms with van der Waals surface area (Å²) < 4.78 is 4.99. The number of halogens is 2. The Balaban J connectivity index is 2.86. The SMILES string of the molecule is Clc1cc2c[c]oc2cc1Cl. The van der Waals surface area contributed by atoms with E-state index in [0.29, 0.717) is 15.6 Å². The van der Waals surface area contributed by atoms with Crippen molar-refractivity contribution in [1.29, 1.82) is 0 Å². The summed E-state index contributed by atoms with van der Waals surface area (Å²) in [7, 11) is 0. The van der Waals surface area contributed by atoms with Crippen molar-refractivity contribution in [3.05, 3.63) is 34.5 Å². The molecule has 2 aromatic rings. The molecular formula is C8H3Cl2O. The average Bonchev–Trinajstić information content (AvgIpc) is 2.36. The van der Waals surface area contributed by atoms with Crippen molar-refractivity contribution in [2.75, 3.05) is 0 Å². The number of benzene rings is 1. The molecule has 0 fully saturated rings. The van der Waals surface area contributed by atoms with Gasteiger partial charge in [-0.1, -0.05) is 23.2 Å². The van der Waals surface area contributed by atoms with E-state index < -0.39 is 0 Å². The van der Waals surface area contributed by atoms with Gasteiger partial charge in [0.1, 0.15) is 5.58 Å². The first kappa shape index (κ1) is 7.01. The second-order valence-corrected chi connectivity index (χ2v) is 2.98. The monoisotopic (exact) mass is 185 g/mol. The maximum Gasteiger partial charge on any atom is 0.170 e. The fourth-order valence-corrected chi connectivity index (χ4v) is 1.23. The van der Waals surface area contributed by atoms with Gasteiger partial charge in [-0.05, 0) is 12.1 Å². The summed E-state index contributed by atoms with van der Waals surface area (Å²) in [4.78, 5) is 0. The summed E-state index contributed by atoms with van der Waals surface area (Å²) in [5.41, 5.74) is 0.708. The molecule has 0 bridgehead atoms. The summed E-state index contributed by atoms with van der Waals surface area (Å²) >= 11 is 11.5. The lowest BCUT2D eigenvalue weighted by Gasteiger charge is -1.92. The third kappa shape index (κ3) is 1.10. The van der Waals surface area contributed by atoms with Crippen LogP contribution < -0.4 is 0 Å². The van der Waals surface area contributed by atoms with Crippen LogP contribution in [0.3, 0.4) is 0 Å².